The second-order valence-electron chi connectivity index (χ2n) is 5.75. The zero-order valence-corrected chi connectivity index (χ0v) is 13.5. The van der Waals surface area contributed by atoms with E-state index in [-0.39, 0.29) is 24.6 Å². The molecular formula is C16H21N3O4. The summed E-state index contributed by atoms with van der Waals surface area (Å²) >= 11 is 0. The summed E-state index contributed by atoms with van der Waals surface area (Å²) in [6.45, 7) is 5.17. The van der Waals surface area contributed by atoms with Gasteiger partial charge in [-0.3, -0.25) is 4.79 Å². The van der Waals surface area contributed by atoms with Crippen LogP contribution in [0.5, 0.6) is 0 Å². The Morgan fingerprint density at radius 1 is 1.39 bits per heavy atom. The van der Waals surface area contributed by atoms with Crippen LogP contribution in [0.25, 0.3) is 11.0 Å². The lowest BCUT2D eigenvalue weighted by Gasteiger charge is -2.12. The molecule has 7 heteroatoms. The summed E-state index contributed by atoms with van der Waals surface area (Å²) in [5.41, 5.74) is 1.67. The highest BCUT2D eigenvalue weighted by molar-refractivity contribution is 5.92. The maximum atomic E-state index is 11.6. The van der Waals surface area contributed by atoms with Crippen molar-refractivity contribution in [1.29, 1.82) is 0 Å². The van der Waals surface area contributed by atoms with Crippen molar-refractivity contribution < 1.29 is 19.4 Å². The molecule has 2 rings (SSSR count). The molecule has 0 atom stereocenters. The predicted molar refractivity (Wildman–Crippen MR) is 85.3 cm³/mol. The Bertz CT molecular complexity index is 721. The van der Waals surface area contributed by atoms with E-state index in [4.69, 9.17) is 9.84 Å². The fraction of sp³-hybridized carbons (Fsp3) is 0.438. The molecule has 7 nitrogen and oxygen atoms in total. The van der Waals surface area contributed by atoms with Gasteiger partial charge in [-0.05, 0) is 24.1 Å². The first-order chi connectivity index (χ1) is 10.9. The van der Waals surface area contributed by atoms with Gasteiger partial charge in [0.25, 0.3) is 0 Å². The average Bonchev–Trinajstić information content (AvgIpc) is 2.82. The van der Waals surface area contributed by atoms with Crippen LogP contribution in [0.3, 0.4) is 0 Å². The molecule has 124 valence electrons. The van der Waals surface area contributed by atoms with Crippen LogP contribution in [0.15, 0.2) is 18.2 Å². The number of fused-ring (bicyclic) bond motifs is 1. The molecule has 23 heavy (non-hydrogen) atoms. The second-order valence-corrected chi connectivity index (χ2v) is 5.75. The van der Waals surface area contributed by atoms with Gasteiger partial charge in [-0.2, -0.15) is 0 Å². The van der Waals surface area contributed by atoms with Crippen molar-refractivity contribution in [1.82, 2.24) is 14.9 Å². The number of carbonyl (C=O) groups is 2. The van der Waals surface area contributed by atoms with E-state index < -0.39 is 5.97 Å². The number of carbonyl (C=O) groups excluding carboxylic acids is 1. The molecule has 0 spiro atoms. The molecule has 1 aromatic carbocycles. The third-order valence-corrected chi connectivity index (χ3v) is 3.34. The van der Waals surface area contributed by atoms with Gasteiger partial charge in [0.05, 0.1) is 23.1 Å². The molecule has 0 saturated heterocycles. The maximum Gasteiger partial charge on any atom is 0.335 e. The minimum Gasteiger partial charge on any atom is -0.478 e. The van der Waals surface area contributed by atoms with Crippen LogP contribution >= 0.6 is 0 Å². The Morgan fingerprint density at radius 3 is 2.74 bits per heavy atom. The topological polar surface area (TPSA) is 93.4 Å². The van der Waals surface area contributed by atoms with Crippen LogP contribution < -0.4 is 5.32 Å². The lowest BCUT2D eigenvalue weighted by molar-refractivity contribution is -0.124. The summed E-state index contributed by atoms with van der Waals surface area (Å²) in [7, 11) is 1.46. The number of carboxylic acid groups (broad SMARTS) is 1. The zero-order valence-electron chi connectivity index (χ0n) is 13.5. The van der Waals surface area contributed by atoms with Crippen LogP contribution in [0.2, 0.25) is 0 Å². The Kier molecular flexibility index (Phi) is 5.33. The molecule has 0 saturated carbocycles. The number of methoxy groups -OCH3 is 1. The van der Waals surface area contributed by atoms with Crippen molar-refractivity contribution in [2.75, 3.05) is 13.7 Å². The largest absolute Gasteiger partial charge is 0.478 e. The van der Waals surface area contributed by atoms with E-state index in [1.165, 1.54) is 7.11 Å². The van der Waals surface area contributed by atoms with E-state index in [2.05, 4.69) is 24.1 Å². The zero-order chi connectivity index (χ0) is 17.0. The molecule has 0 bridgehead atoms. The minimum atomic E-state index is -0.986. The Balaban J connectivity index is 2.36. The quantitative estimate of drug-likeness (QED) is 0.809. The van der Waals surface area contributed by atoms with Gasteiger partial charge >= 0.3 is 5.97 Å². The average molecular weight is 319 g/mol. The molecule has 1 heterocycles. The van der Waals surface area contributed by atoms with Crippen molar-refractivity contribution in [2.24, 2.45) is 5.92 Å². The van der Waals surface area contributed by atoms with Gasteiger partial charge in [0.1, 0.15) is 12.4 Å². The van der Waals surface area contributed by atoms with Gasteiger partial charge in [-0.25, -0.2) is 9.78 Å². The third kappa shape index (κ3) is 4.07. The van der Waals surface area contributed by atoms with E-state index in [1.54, 1.807) is 18.2 Å². The molecular weight excluding hydrogens is 298 g/mol. The first-order valence-corrected chi connectivity index (χ1v) is 7.40. The van der Waals surface area contributed by atoms with E-state index in [0.29, 0.717) is 17.3 Å². The third-order valence-electron chi connectivity index (χ3n) is 3.34. The van der Waals surface area contributed by atoms with Crippen molar-refractivity contribution in [3.05, 3.63) is 29.6 Å². The predicted octanol–water partition coefficient (Wildman–Crippen LogP) is 1.65. The first kappa shape index (κ1) is 17.0. The number of imidazole rings is 1. The van der Waals surface area contributed by atoms with Gasteiger partial charge in [-0.1, -0.05) is 13.8 Å². The summed E-state index contributed by atoms with van der Waals surface area (Å²) in [4.78, 5) is 27.1. The van der Waals surface area contributed by atoms with E-state index in [0.717, 1.165) is 12.1 Å². The first-order valence-electron chi connectivity index (χ1n) is 7.40. The van der Waals surface area contributed by atoms with Crippen LogP contribution in [-0.2, 0) is 22.6 Å². The van der Waals surface area contributed by atoms with Crippen molar-refractivity contribution >= 4 is 22.9 Å². The SMILES string of the molecule is COCC(=O)NCc1nc2cc(C(=O)O)ccc2n1CC(C)C. The molecule has 2 N–H and O–H groups in total. The van der Waals surface area contributed by atoms with Gasteiger partial charge in [0, 0.05) is 13.7 Å². The Hall–Kier alpha value is -2.41. The van der Waals surface area contributed by atoms with E-state index in [1.807, 2.05) is 4.57 Å². The number of aromatic nitrogens is 2. The van der Waals surface area contributed by atoms with Gasteiger partial charge in [0.15, 0.2) is 0 Å². The molecule has 0 radical (unpaired) electrons. The number of ether oxygens (including phenoxy) is 1. The molecule has 0 fully saturated rings. The summed E-state index contributed by atoms with van der Waals surface area (Å²) in [5.74, 6) is -0.122. The number of rotatable bonds is 7. The normalized spacial score (nSPS) is 11.1. The highest BCUT2D eigenvalue weighted by Gasteiger charge is 2.14. The number of amides is 1. The second kappa shape index (κ2) is 7.23. The molecule has 1 aromatic heterocycles. The van der Waals surface area contributed by atoms with Crippen molar-refractivity contribution in [3.8, 4) is 0 Å². The lowest BCUT2D eigenvalue weighted by atomic mass is 10.2. The fourth-order valence-corrected chi connectivity index (χ4v) is 2.38. The molecule has 0 aliphatic heterocycles. The van der Waals surface area contributed by atoms with Crippen LogP contribution in [-0.4, -0.2) is 40.3 Å². The Labute approximate surface area is 134 Å². The van der Waals surface area contributed by atoms with Crippen molar-refractivity contribution in [2.45, 2.75) is 26.9 Å². The van der Waals surface area contributed by atoms with Crippen LogP contribution in [0.4, 0.5) is 0 Å². The number of hydrogen-bond donors (Lipinski definition) is 2. The summed E-state index contributed by atoms with van der Waals surface area (Å²) in [6, 6.07) is 4.88. The monoisotopic (exact) mass is 319 g/mol. The molecule has 0 unspecified atom stereocenters. The Morgan fingerprint density at radius 2 is 2.13 bits per heavy atom. The smallest absolute Gasteiger partial charge is 0.335 e. The van der Waals surface area contributed by atoms with E-state index in [9.17, 15) is 9.59 Å². The van der Waals surface area contributed by atoms with Gasteiger partial charge in [0.2, 0.25) is 5.91 Å². The number of benzene rings is 1. The summed E-state index contributed by atoms with van der Waals surface area (Å²) in [5, 5.41) is 11.8. The van der Waals surface area contributed by atoms with Gasteiger partial charge in [-0.15, -0.1) is 0 Å². The number of aromatic carboxylic acids is 1. The van der Waals surface area contributed by atoms with Crippen LogP contribution in [0.1, 0.15) is 30.0 Å². The molecule has 1 amide bonds. The number of nitrogens with zero attached hydrogens (tertiary/aromatic N) is 2. The standard InChI is InChI=1S/C16H21N3O4/c1-10(2)8-19-13-5-4-11(16(21)22)6-12(13)18-14(19)7-17-15(20)9-23-3/h4-6,10H,7-9H2,1-3H3,(H,17,20)(H,21,22). The number of nitrogens with one attached hydrogen (secondary N) is 1. The lowest BCUT2D eigenvalue weighted by Crippen LogP contribution is -2.28. The van der Waals surface area contributed by atoms with Gasteiger partial charge < -0.3 is 19.7 Å². The molecule has 0 aliphatic rings. The summed E-state index contributed by atoms with van der Waals surface area (Å²) in [6.07, 6.45) is 0. The molecule has 2 aromatic rings. The minimum absolute atomic E-state index is 0.00638. The highest BCUT2D eigenvalue weighted by atomic mass is 16.5. The molecule has 0 aliphatic carbocycles. The number of carboxylic acids is 1. The highest BCUT2D eigenvalue weighted by Crippen LogP contribution is 2.20. The fourth-order valence-electron chi connectivity index (χ4n) is 2.38. The van der Waals surface area contributed by atoms with Crippen LogP contribution in [0, 0.1) is 5.92 Å². The van der Waals surface area contributed by atoms with E-state index >= 15 is 0 Å². The van der Waals surface area contributed by atoms with Crippen molar-refractivity contribution in [3.63, 3.8) is 0 Å². The summed E-state index contributed by atoms with van der Waals surface area (Å²) < 4.78 is 6.80. The number of hydrogen-bond acceptors (Lipinski definition) is 4. The maximum absolute atomic E-state index is 11.6.